The van der Waals surface area contributed by atoms with E-state index in [1.54, 1.807) is 12.1 Å². The van der Waals surface area contributed by atoms with Crippen molar-refractivity contribution in [2.75, 3.05) is 11.9 Å². The molecule has 0 aliphatic rings. The second-order valence-electron chi connectivity index (χ2n) is 5.89. The maximum Gasteiger partial charge on any atom is 0.322 e. The molecule has 1 atom stereocenters. The molecule has 1 amide bonds. The number of ketones is 1. The number of rotatable bonds is 5. The van der Waals surface area contributed by atoms with Crippen LogP contribution in [0.1, 0.15) is 27.2 Å². The van der Waals surface area contributed by atoms with Crippen molar-refractivity contribution in [3.05, 3.63) is 30.3 Å². The van der Waals surface area contributed by atoms with E-state index in [1.807, 2.05) is 39.0 Å². The lowest BCUT2D eigenvalue weighted by Gasteiger charge is -2.15. The number of aliphatic carboxylic acids is 1. The van der Waals surface area contributed by atoms with Crippen molar-refractivity contribution in [1.82, 2.24) is 0 Å². The van der Waals surface area contributed by atoms with Crippen LogP contribution in [0.4, 0.5) is 5.69 Å². The fourth-order valence-corrected chi connectivity index (χ4v) is 1.22. The molecule has 0 spiro atoms. The number of carbonyl (C=O) groups excluding carboxylic acids is 2. The van der Waals surface area contributed by atoms with Gasteiger partial charge in [0.25, 0.3) is 0 Å². The number of para-hydroxylation sites is 1. The minimum absolute atomic E-state index is 0.0547. The minimum Gasteiger partial charge on any atom is -0.480 e. The highest BCUT2D eigenvalue weighted by Crippen LogP contribution is 2.17. The number of aliphatic hydroxyl groups excluding tert-OH is 1. The van der Waals surface area contributed by atoms with Gasteiger partial charge in [-0.25, -0.2) is 0 Å². The molecule has 23 heavy (non-hydrogen) atoms. The zero-order chi connectivity index (χ0) is 18.0. The summed E-state index contributed by atoms with van der Waals surface area (Å²) < 4.78 is 0. The van der Waals surface area contributed by atoms with E-state index < -0.39 is 24.0 Å². The summed E-state index contributed by atoms with van der Waals surface area (Å²) in [6.45, 7) is 4.93. The molecule has 0 heterocycles. The SMILES string of the molecule is CC(C)(C)C(=O)CC(=O)Nc1ccccc1.N[C@@H](CO)C(=O)O. The normalized spacial score (nSPS) is 11.7. The number of benzene rings is 1. The van der Waals surface area contributed by atoms with Crippen molar-refractivity contribution in [1.29, 1.82) is 0 Å². The highest BCUT2D eigenvalue weighted by molar-refractivity contribution is 6.05. The molecule has 0 saturated heterocycles. The van der Waals surface area contributed by atoms with Gasteiger partial charge in [-0.3, -0.25) is 14.4 Å². The molecule has 7 nitrogen and oxygen atoms in total. The van der Waals surface area contributed by atoms with Crippen LogP contribution < -0.4 is 11.1 Å². The number of carboxylic acids is 1. The molecule has 0 fully saturated rings. The molecule has 7 heteroatoms. The maximum absolute atomic E-state index is 11.6. The van der Waals surface area contributed by atoms with E-state index in [4.69, 9.17) is 15.9 Å². The summed E-state index contributed by atoms with van der Waals surface area (Å²) >= 11 is 0. The number of hydrogen-bond acceptors (Lipinski definition) is 5. The number of anilines is 1. The van der Waals surface area contributed by atoms with Crippen LogP contribution in [0.2, 0.25) is 0 Å². The fraction of sp³-hybridized carbons (Fsp3) is 0.438. The van der Waals surface area contributed by atoms with E-state index in [9.17, 15) is 14.4 Å². The van der Waals surface area contributed by atoms with Gasteiger partial charge in [-0.1, -0.05) is 39.0 Å². The number of amides is 1. The Bertz CT molecular complexity index is 523. The Morgan fingerprint density at radius 3 is 2.04 bits per heavy atom. The summed E-state index contributed by atoms with van der Waals surface area (Å²) in [6.07, 6.45) is -0.0710. The van der Waals surface area contributed by atoms with Gasteiger partial charge in [0, 0.05) is 11.1 Å². The van der Waals surface area contributed by atoms with Crippen molar-refractivity contribution in [3.63, 3.8) is 0 Å². The monoisotopic (exact) mass is 324 g/mol. The summed E-state index contributed by atoms with van der Waals surface area (Å²) in [5.41, 5.74) is 5.02. The molecule has 1 rings (SSSR count). The van der Waals surface area contributed by atoms with Crippen molar-refractivity contribution in [2.45, 2.75) is 33.2 Å². The number of nitrogens with two attached hydrogens (primary N) is 1. The second kappa shape index (κ2) is 9.70. The quantitative estimate of drug-likeness (QED) is 0.598. The van der Waals surface area contributed by atoms with Crippen LogP contribution in [0.15, 0.2) is 30.3 Å². The lowest BCUT2D eigenvalue weighted by atomic mass is 9.89. The zero-order valence-corrected chi connectivity index (χ0v) is 13.6. The van der Waals surface area contributed by atoms with Crippen LogP contribution in [-0.2, 0) is 14.4 Å². The van der Waals surface area contributed by atoms with E-state index >= 15 is 0 Å². The fourth-order valence-electron chi connectivity index (χ4n) is 1.22. The number of Topliss-reactive ketones (excluding diaryl/α,β-unsaturated/α-hetero) is 1. The van der Waals surface area contributed by atoms with Gasteiger partial charge in [0.2, 0.25) is 5.91 Å². The largest absolute Gasteiger partial charge is 0.480 e. The smallest absolute Gasteiger partial charge is 0.322 e. The van der Waals surface area contributed by atoms with Crippen molar-refractivity contribution < 1.29 is 24.6 Å². The van der Waals surface area contributed by atoms with Crippen molar-refractivity contribution in [2.24, 2.45) is 11.1 Å². The Labute approximate surface area is 135 Å². The number of carbonyl (C=O) groups is 3. The second-order valence-corrected chi connectivity index (χ2v) is 5.89. The highest BCUT2D eigenvalue weighted by Gasteiger charge is 2.23. The lowest BCUT2D eigenvalue weighted by molar-refractivity contribution is -0.139. The summed E-state index contributed by atoms with van der Waals surface area (Å²) in [5, 5.41) is 18.6. The molecule has 0 aliphatic heterocycles. The third-order valence-corrected chi connectivity index (χ3v) is 2.73. The average Bonchev–Trinajstić information content (AvgIpc) is 2.46. The Morgan fingerprint density at radius 1 is 1.17 bits per heavy atom. The van der Waals surface area contributed by atoms with Gasteiger partial charge in [-0.2, -0.15) is 0 Å². The van der Waals surface area contributed by atoms with Gasteiger partial charge in [0.15, 0.2) is 0 Å². The number of nitrogens with one attached hydrogen (secondary N) is 1. The third kappa shape index (κ3) is 9.38. The predicted octanol–water partition coefficient (Wildman–Crippen LogP) is 1.02. The maximum atomic E-state index is 11.6. The molecule has 128 valence electrons. The van der Waals surface area contributed by atoms with E-state index in [2.05, 4.69) is 5.32 Å². The first-order valence-electron chi connectivity index (χ1n) is 7.05. The Kier molecular flexibility index (Phi) is 8.75. The third-order valence-electron chi connectivity index (χ3n) is 2.73. The highest BCUT2D eigenvalue weighted by atomic mass is 16.4. The average molecular weight is 324 g/mol. The molecule has 0 aromatic heterocycles. The first-order chi connectivity index (χ1) is 10.6. The minimum atomic E-state index is -1.18. The Balaban J connectivity index is 0.000000585. The van der Waals surface area contributed by atoms with Crippen LogP contribution in [-0.4, -0.2) is 40.5 Å². The zero-order valence-electron chi connectivity index (χ0n) is 13.6. The van der Waals surface area contributed by atoms with E-state index in [-0.39, 0.29) is 18.1 Å². The predicted molar refractivity (Wildman–Crippen MR) is 86.8 cm³/mol. The lowest BCUT2D eigenvalue weighted by Crippen LogP contribution is -2.33. The van der Waals surface area contributed by atoms with E-state index in [1.165, 1.54) is 0 Å². The Hall–Kier alpha value is -2.25. The molecule has 0 aliphatic carbocycles. The number of aliphatic hydroxyl groups is 1. The number of carboxylic acid groups (broad SMARTS) is 1. The van der Waals surface area contributed by atoms with Crippen LogP contribution >= 0.6 is 0 Å². The van der Waals surface area contributed by atoms with Crippen LogP contribution in [0.5, 0.6) is 0 Å². The van der Waals surface area contributed by atoms with Gasteiger partial charge >= 0.3 is 5.97 Å². The van der Waals surface area contributed by atoms with Gasteiger partial charge < -0.3 is 21.3 Å². The topological polar surface area (TPSA) is 130 Å². The van der Waals surface area contributed by atoms with Crippen molar-refractivity contribution >= 4 is 23.3 Å². The van der Waals surface area contributed by atoms with Crippen LogP contribution in [0.3, 0.4) is 0 Å². The van der Waals surface area contributed by atoms with Crippen LogP contribution in [0, 0.1) is 5.41 Å². The first-order valence-corrected chi connectivity index (χ1v) is 7.05. The summed E-state index contributed by atoms with van der Waals surface area (Å²) in [6, 6.07) is 8.00. The van der Waals surface area contributed by atoms with Crippen molar-refractivity contribution in [3.8, 4) is 0 Å². The summed E-state index contributed by atoms with van der Waals surface area (Å²) in [4.78, 5) is 32.8. The molecule has 5 N–H and O–H groups in total. The van der Waals surface area contributed by atoms with Gasteiger partial charge in [0.1, 0.15) is 11.8 Å². The molecular formula is C16H24N2O5. The first kappa shape index (κ1) is 20.8. The Morgan fingerprint density at radius 2 is 1.70 bits per heavy atom. The van der Waals surface area contributed by atoms with E-state index in [0.29, 0.717) is 5.69 Å². The molecule has 1 aromatic rings. The van der Waals surface area contributed by atoms with Gasteiger partial charge in [-0.15, -0.1) is 0 Å². The van der Waals surface area contributed by atoms with Gasteiger partial charge in [-0.05, 0) is 12.1 Å². The summed E-state index contributed by atoms with van der Waals surface area (Å²) in [5.74, 6) is -1.49. The molecule has 0 bridgehead atoms. The molecule has 1 aromatic carbocycles. The summed E-state index contributed by atoms with van der Waals surface area (Å²) in [7, 11) is 0. The molecule has 0 saturated carbocycles. The molecule has 0 unspecified atom stereocenters. The van der Waals surface area contributed by atoms with E-state index in [0.717, 1.165) is 0 Å². The molecule has 0 radical (unpaired) electrons. The van der Waals surface area contributed by atoms with Gasteiger partial charge in [0.05, 0.1) is 13.0 Å². The van der Waals surface area contributed by atoms with Crippen LogP contribution in [0.25, 0.3) is 0 Å². The standard InChI is InChI=1S/C13H17NO2.C3H7NO3/c1-13(2,3)11(15)9-12(16)14-10-7-5-4-6-8-10;4-2(1-5)3(6)7/h4-8H,9H2,1-3H3,(H,14,16);2,5H,1,4H2,(H,6,7)/t;2-/m.0/s1. The molecular weight excluding hydrogens is 300 g/mol. The number of hydrogen-bond donors (Lipinski definition) is 4.